The summed E-state index contributed by atoms with van der Waals surface area (Å²) < 4.78 is 0. The maximum atomic E-state index is 12.5. The molecule has 1 aliphatic heterocycles. The largest absolute Gasteiger partial charge is 0.355 e. The third-order valence-electron chi connectivity index (χ3n) is 4.76. The van der Waals surface area contributed by atoms with Crippen LogP contribution in [0.25, 0.3) is 0 Å². The van der Waals surface area contributed by atoms with Crippen molar-refractivity contribution in [1.29, 1.82) is 0 Å². The van der Waals surface area contributed by atoms with E-state index in [1.54, 1.807) is 18.6 Å². The molecule has 1 aromatic heterocycles. The van der Waals surface area contributed by atoms with Crippen molar-refractivity contribution in [3.8, 4) is 0 Å². The van der Waals surface area contributed by atoms with E-state index >= 15 is 0 Å². The van der Waals surface area contributed by atoms with Gasteiger partial charge in [-0.2, -0.15) is 0 Å². The third kappa shape index (κ3) is 4.35. The first kappa shape index (κ1) is 17.4. The van der Waals surface area contributed by atoms with Crippen molar-refractivity contribution in [1.82, 2.24) is 9.97 Å². The molecular weight excluding hydrogens is 312 g/mol. The third-order valence-corrected chi connectivity index (χ3v) is 4.76. The Kier molecular flexibility index (Phi) is 5.02. The summed E-state index contributed by atoms with van der Waals surface area (Å²) in [4.78, 5) is 23.2. The quantitative estimate of drug-likeness (QED) is 0.928. The molecule has 25 heavy (non-hydrogen) atoms. The lowest BCUT2D eigenvalue weighted by atomic mass is 9.87. The van der Waals surface area contributed by atoms with Gasteiger partial charge in [0.05, 0.1) is 6.20 Å². The number of benzene rings is 1. The molecule has 1 saturated heterocycles. The van der Waals surface area contributed by atoms with Gasteiger partial charge >= 0.3 is 0 Å². The topological polar surface area (TPSA) is 58.1 Å². The summed E-state index contributed by atoms with van der Waals surface area (Å²) in [6.07, 6.45) is 6.83. The van der Waals surface area contributed by atoms with Gasteiger partial charge in [-0.25, -0.2) is 4.98 Å². The fourth-order valence-electron chi connectivity index (χ4n) is 3.12. The summed E-state index contributed by atoms with van der Waals surface area (Å²) in [6.45, 7) is 8.22. The van der Waals surface area contributed by atoms with Gasteiger partial charge in [-0.3, -0.25) is 9.78 Å². The molecule has 0 bridgehead atoms. The van der Waals surface area contributed by atoms with E-state index in [9.17, 15) is 4.79 Å². The summed E-state index contributed by atoms with van der Waals surface area (Å²) in [6, 6.07) is 8.17. The Morgan fingerprint density at radius 2 is 1.80 bits per heavy atom. The van der Waals surface area contributed by atoms with Crippen LogP contribution in [-0.2, 0) is 10.2 Å². The van der Waals surface area contributed by atoms with Crippen molar-refractivity contribution in [3.05, 3.63) is 48.4 Å². The van der Waals surface area contributed by atoms with Crippen molar-refractivity contribution in [3.63, 3.8) is 0 Å². The summed E-state index contributed by atoms with van der Waals surface area (Å²) >= 11 is 0. The minimum Gasteiger partial charge on any atom is -0.355 e. The molecule has 1 fully saturated rings. The van der Waals surface area contributed by atoms with Crippen LogP contribution in [0.5, 0.6) is 0 Å². The van der Waals surface area contributed by atoms with E-state index in [2.05, 4.69) is 53.1 Å². The fourth-order valence-corrected chi connectivity index (χ4v) is 3.12. The average Bonchev–Trinajstić information content (AvgIpc) is 2.62. The number of aromatic nitrogens is 2. The number of hydrogen-bond acceptors (Lipinski definition) is 4. The van der Waals surface area contributed by atoms with E-state index in [0.717, 1.165) is 37.4 Å². The van der Waals surface area contributed by atoms with Gasteiger partial charge < -0.3 is 10.2 Å². The molecule has 0 radical (unpaired) electrons. The Balaban J connectivity index is 1.54. The number of amides is 1. The first-order valence-electron chi connectivity index (χ1n) is 8.86. The highest BCUT2D eigenvalue weighted by Crippen LogP contribution is 2.25. The molecule has 0 unspecified atom stereocenters. The standard InChI is InChI=1S/C20H26N4O/c1-20(2,3)16-4-6-17(7-5-16)23-19(25)15-8-12-24(13-9-15)18-14-21-10-11-22-18/h4-7,10-11,14-15H,8-9,12-13H2,1-3H3,(H,23,25). The number of rotatable bonds is 3. The highest BCUT2D eigenvalue weighted by Gasteiger charge is 2.25. The number of piperidine rings is 1. The number of carbonyl (C=O) groups excluding carboxylic acids is 1. The molecular formula is C20H26N4O. The Morgan fingerprint density at radius 1 is 1.12 bits per heavy atom. The second-order valence-corrected chi connectivity index (χ2v) is 7.64. The van der Waals surface area contributed by atoms with Crippen molar-refractivity contribution in [2.24, 2.45) is 5.92 Å². The molecule has 0 aliphatic carbocycles. The molecule has 2 aromatic rings. The zero-order valence-corrected chi connectivity index (χ0v) is 15.2. The van der Waals surface area contributed by atoms with Gasteiger partial charge in [0, 0.05) is 37.1 Å². The van der Waals surface area contributed by atoms with E-state index < -0.39 is 0 Å². The predicted octanol–water partition coefficient (Wildman–Crippen LogP) is 3.63. The van der Waals surface area contributed by atoms with Crippen molar-refractivity contribution < 1.29 is 4.79 Å². The molecule has 5 heteroatoms. The van der Waals surface area contributed by atoms with Crippen LogP contribution in [0.15, 0.2) is 42.9 Å². The zero-order chi connectivity index (χ0) is 17.9. The Morgan fingerprint density at radius 3 is 2.36 bits per heavy atom. The molecule has 1 N–H and O–H groups in total. The van der Waals surface area contributed by atoms with Gasteiger partial charge in [0.25, 0.3) is 0 Å². The maximum Gasteiger partial charge on any atom is 0.227 e. The van der Waals surface area contributed by atoms with Crippen LogP contribution in [0.3, 0.4) is 0 Å². The van der Waals surface area contributed by atoms with Gasteiger partial charge in [0.1, 0.15) is 5.82 Å². The van der Waals surface area contributed by atoms with E-state index in [1.807, 2.05) is 12.1 Å². The molecule has 0 atom stereocenters. The number of nitrogens with one attached hydrogen (secondary N) is 1. The first-order valence-corrected chi connectivity index (χ1v) is 8.86. The fraction of sp³-hybridized carbons (Fsp3) is 0.450. The van der Waals surface area contributed by atoms with Gasteiger partial charge in [-0.15, -0.1) is 0 Å². The lowest BCUT2D eigenvalue weighted by Gasteiger charge is -2.31. The van der Waals surface area contributed by atoms with Crippen LogP contribution in [0.2, 0.25) is 0 Å². The van der Waals surface area contributed by atoms with Gasteiger partial charge in [0.2, 0.25) is 5.91 Å². The molecule has 132 valence electrons. The van der Waals surface area contributed by atoms with Crippen molar-refractivity contribution in [2.75, 3.05) is 23.3 Å². The number of anilines is 2. The van der Waals surface area contributed by atoms with E-state index in [1.165, 1.54) is 5.56 Å². The lowest BCUT2D eigenvalue weighted by Crippen LogP contribution is -2.38. The van der Waals surface area contributed by atoms with Gasteiger partial charge in [-0.05, 0) is 36.0 Å². The normalized spacial score (nSPS) is 15.9. The minimum atomic E-state index is 0.0511. The molecule has 3 rings (SSSR count). The number of carbonyl (C=O) groups is 1. The van der Waals surface area contributed by atoms with E-state index in [0.29, 0.717) is 0 Å². The lowest BCUT2D eigenvalue weighted by molar-refractivity contribution is -0.120. The van der Waals surface area contributed by atoms with Crippen LogP contribution in [-0.4, -0.2) is 29.0 Å². The highest BCUT2D eigenvalue weighted by atomic mass is 16.1. The summed E-state index contributed by atoms with van der Waals surface area (Å²) in [5.41, 5.74) is 2.26. The van der Waals surface area contributed by atoms with Crippen LogP contribution < -0.4 is 10.2 Å². The summed E-state index contributed by atoms with van der Waals surface area (Å²) in [5.74, 6) is 1.05. The van der Waals surface area contributed by atoms with Crippen LogP contribution in [0.1, 0.15) is 39.2 Å². The van der Waals surface area contributed by atoms with Crippen molar-refractivity contribution >= 4 is 17.4 Å². The molecule has 1 amide bonds. The molecule has 5 nitrogen and oxygen atoms in total. The summed E-state index contributed by atoms with van der Waals surface area (Å²) in [7, 11) is 0. The minimum absolute atomic E-state index is 0.0511. The highest BCUT2D eigenvalue weighted by molar-refractivity contribution is 5.92. The first-order chi connectivity index (χ1) is 11.9. The Hall–Kier alpha value is -2.43. The molecule has 2 heterocycles. The van der Waals surface area contributed by atoms with Gasteiger partial charge in [0.15, 0.2) is 0 Å². The SMILES string of the molecule is CC(C)(C)c1ccc(NC(=O)C2CCN(c3cnccn3)CC2)cc1. The molecule has 1 aromatic carbocycles. The van der Waals surface area contributed by atoms with Crippen LogP contribution >= 0.6 is 0 Å². The Labute approximate surface area is 149 Å². The summed E-state index contributed by atoms with van der Waals surface area (Å²) in [5, 5.41) is 3.06. The zero-order valence-electron chi connectivity index (χ0n) is 15.2. The number of nitrogens with zero attached hydrogens (tertiary/aromatic N) is 3. The monoisotopic (exact) mass is 338 g/mol. The van der Waals surface area contributed by atoms with E-state index in [4.69, 9.17) is 0 Å². The van der Waals surface area contributed by atoms with Crippen LogP contribution in [0, 0.1) is 5.92 Å². The molecule has 1 aliphatic rings. The second-order valence-electron chi connectivity index (χ2n) is 7.64. The van der Waals surface area contributed by atoms with E-state index in [-0.39, 0.29) is 17.2 Å². The average molecular weight is 338 g/mol. The Bertz CT molecular complexity index is 699. The molecule has 0 saturated carbocycles. The smallest absolute Gasteiger partial charge is 0.227 e. The second kappa shape index (κ2) is 7.21. The van der Waals surface area contributed by atoms with Crippen molar-refractivity contribution in [2.45, 2.75) is 39.0 Å². The predicted molar refractivity (Wildman–Crippen MR) is 101 cm³/mol. The maximum absolute atomic E-state index is 12.5. The molecule has 0 spiro atoms. The number of hydrogen-bond donors (Lipinski definition) is 1. The van der Waals surface area contributed by atoms with Crippen LogP contribution in [0.4, 0.5) is 11.5 Å². The van der Waals surface area contributed by atoms with Gasteiger partial charge in [-0.1, -0.05) is 32.9 Å².